The predicted molar refractivity (Wildman–Crippen MR) is 171 cm³/mol. The Labute approximate surface area is 264 Å². The van der Waals surface area contributed by atoms with Gasteiger partial charge in [-0.15, -0.1) is 0 Å². The number of ether oxygens (including phenoxy) is 1. The molecule has 2 aliphatic heterocycles. The van der Waals surface area contributed by atoms with E-state index in [1.807, 2.05) is 42.5 Å². The summed E-state index contributed by atoms with van der Waals surface area (Å²) in [5.41, 5.74) is 7.06. The standard InChI is InChI=1S/C33H34N4O2.C2HF3O2/c1-39-32-8-4-3-7-26(32)29-21-34-33(38)28(29)19-25-13-15-27-30(35-36-31(27)20-25)16-14-23-9-11-24(12-10-23)22-37-17-5-2-6-18-37;3-2(4,5)1(6)7/h3-4,7-16,19-20,29H,2,5-6,17-18,21-22H2,1H3,(H,34,38)(H,35,36);(H,6,7)/b16-14+,28-19-;. The van der Waals surface area contributed by atoms with Crippen LogP contribution in [0.5, 0.6) is 5.75 Å². The van der Waals surface area contributed by atoms with Gasteiger partial charge in [-0.3, -0.25) is 14.8 Å². The lowest BCUT2D eigenvalue weighted by atomic mass is 9.91. The van der Waals surface area contributed by atoms with Crippen LogP contribution < -0.4 is 10.1 Å². The first-order valence-electron chi connectivity index (χ1n) is 15.0. The molecule has 2 saturated heterocycles. The van der Waals surface area contributed by atoms with Crippen molar-refractivity contribution in [3.05, 3.63) is 100 Å². The summed E-state index contributed by atoms with van der Waals surface area (Å²) in [6.45, 7) is 4.02. The number of hydrogen-bond donors (Lipinski definition) is 3. The number of H-pyrrole nitrogens is 1. The number of aliphatic carboxylic acids is 1. The number of benzene rings is 3. The second-order valence-corrected chi connectivity index (χ2v) is 11.2. The summed E-state index contributed by atoms with van der Waals surface area (Å²) < 4.78 is 37.3. The first-order chi connectivity index (χ1) is 22.1. The van der Waals surface area contributed by atoms with E-state index in [1.165, 1.54) is 37.9 Å². The molecule has 3 heterocycles. The number of rotatable bonds is 7. The number of nitrogens with one attached hydrogen (secondary N) is 2. The van der Waals surface area contributed by atoms with Crippen LogP contribution in [0, 0.1) is 0 Å². The minimum atomic E-state index is -5.08. The number of nitrogens with zero attached hydrogens (tertiary/aromatic N) is 2. The SMILES string of the molecule is COc1ccccc1C1CNC(=O)/C1=C\c1ccc2c(/C=C/c3ccc(CN4CCCCC4)cc3)n[nH]c2c1.O=C(O)C(F)(F)F. The number of hydrogen-bond acceptors (Lipinski definition) is 5. The zero-order valence-electron chi connectivity index (χ0n) is 25.3. The highest BCUT2D eigenvalue weighted by Gasteiger charge is 2.38. The molecule has 240 valence electrons. The van der Waals surface area contributed by atoms with Crippen LogP contribution in [-0.4, -0.2) is 65.0 Å². The number of piperidine rings is 1. The van der Waals surface area contributed by atoms with Crippen molar-refractivity contribution < 1.29 is 32.6 Å². The minimum Gasteiger partial charge on any atom is -0.496 e. The van der Waals surface area contributed by atoms with Crippen LogP contribution in [0.1, 0.15) is 53.1 Å². The topological polar surface area (TPSA) is 108 Å². The fraction of sp³-hybridized carbons (Fsp3) is 0.286. The van der Waals surface area contributed by atoms with Crippen LogP contribution in [0.4, 0.5) is 13.2 Å². The number of carbonyl (C=O) groups is 2. The van der Waals surface area contributed by atoms with Gasteiger partial charge in [0.1, 0.15) is 5.75 Å². The van der Waals surface area contributed by atoms with E-state index in [1.54, 1.807) is 7.11 Å². The van der Waals surface area contributed by atoms with Gasteiger partial charge in [0.05, 0.1) is 18.3 Å². The number of para-hydroxylation sites is 1. The third-order valence-corrected chi connectivity index (χ3v) is 8.07. The second kappa shape index (κ2) is 14.5. The first kappa shape index (κ1) is 32.5. The molecule has 0 saturated carbocycles. The fourth-order valence-electron chi connectivity index (χ4n) is 5.70. The maximum absolute atomic E-state index is 12.7. The largest absolute Gasteiger partial charge is 0.496 e. The summed E-state index contributed by atoms with van der Waals surface area (Å²) >= 11 is 0. The van der Waals surface area contributed by atoms with Crippen LogP contribution in [0.3, 0.4) is 0 Å². The molecule has 6 rings (SSSR count). The molecule has 0 aliphatic carbocycles. The third-order valence-electron chi connectivity index (χ3n) is 8.07. The highest BCUT2D eigenvalue weighted by Crippen LogP contribution is 2.35. The number of likely N-dealkylation sites (tertiary alicyclic amines) is 1. The molecule has 1 aromatic heterocycles. The Morgan fingerprint density at radius 1 is 1.02 bits per heavy atom. The number of carboxylic acids is 1. The maximum atomic E-state index is 12.7. The van der Waals surface area contributed by atoms with Gasteiger partial charge < -0.3 is 15.2 Å². The number of amides is 1. The van der Waals surface area contributed by atoms with E-state index in [0.29, 0.717) is 6.54 Å². The summed E-state index contributed by atoms with van der Waals surface area (Å²) in [6, 6.07) is 22.9. The highest BCUT2D eigenvalue weighted by atomic mass is 19.4. The molecule has 3 N–H and O–H groups in total. The lowest BCUT2D eigenvalue weighted by Crippen LogP contribution is -2.28. The summed E-state index contributed by atoms with van der Waals surface area (Å²) in [5.74, 6) is -2.06. The molecule has 1 unspecified atom stereocenters. The van der Waals surface area contributed by atoms with Crippen molar-refractivity contribution in [1.82, 2.24) is 20.4 Å². The zero-order valence-corrected chi connectivity index (χ0v) is 25.3. The van der Waals surface area contributed by atoms with Crippen molar-refractivity contribution in [1.29, 1.82) is 0 Å². The van der Waals surface area contributed by atoms with Gasteiger partial charge in [0.15, 0.2) is 0 Å². The molecular weight excluding hydrogens is 597 g/mol. The third kappa shape index (κ3) is 8.02. The molecule has 0 spiro atoms. The molecule has 4 aromatic rings. The molecular formula is C35H35F3N4O4. The normalized spacial score (nSPS) is 18.0. The number of alkyl halides is 3. The molecule has 2 fully saturated rings. The Morgan fingerprint density at radius 3 is 2.41 bits per heavy atom. The van der Waals surface area contributed by atoms with E-state index in [0.717, 1.165) is 51.2 Å². The predicted octanol–water partition coefficient (Wildman–Crippen LogP) is 6.66. The van der Waals surface area contributed by atoms with Gasteiger partial charge >= 0.3 is 12.1 Å². The Bertz CT molecular complexity index is 1740. The number of methoxy groups -OCH3 is 1. The van der Waals surface area contributed by atoms with Crippen molar-refractivity contribution in [2.75, 3.05) is 26.7 Å². The van der Waals surface area contributed by atoms with Gasteiger partial charge in [0.2, 0.25) is 5.91 Å². The minimum absolute atomic E-state index is 0.0406. The van der Waals surface area contributed by atoms with Crippen molar-refractivity contribution in [3.63, 3.8) is 0 Å². The quantitative estimate of drug-likeness (QED) is 0.197. The second-order valence-electron chi connectivity index (χ2n) is 11.2. The van der Waals surface area contributed by atoms with E-state index in [-0.39, 0.29) is 11.8 Å². The fourth-order valence-corrected chi connectivity index (χ4v) is 5.70. The summed E-state index contributed by atoms with van der Waals surface area (Å²) in [4.78, 5) is 24.2. The molecule has 1 atom stereocenters. The van der Waals surface area contributed by atoms with Gasteiger partial charge in [-0.05, 0) is 73.0 Å². The van der Waals surface area contributed by atoms with Crippen LogP contribution in [-0.2, 0) is 16.1 Å². The monoisotopic (exact) mass is 632 g/mol. The van der Waals surface area contributed by atoms with E-state index in [2.05, 4.69) is 62.9 Å². The van der Waals surface area contributed by atoms with E-state index in [4.69, 9.17) is 14.6 Å². The smallest absolute Gasteiger partial charge is 0.490 e. The van der Waals surface area contributed by atoms with E-state index >= 15 is 0 Å². The van der Waals surface area contributed by atoms with Gasteiger partial charge in [-0.25, -0.2) is 4.79 Å². The molecule has 46 heavy (non-hydrogen) atoms. The molecule has 0 radical (unpaired) electrons. The summed E-state index contributed by atoms with van der Waals surface area (Å²) in [5, 5.41) is 18.9. The number of carboxylic acid groups (broad SMARTS) is 1. The van der Waals surface area contributed by atoms with Gasteiger partial charge in [-0.2, -0.15) is 18.3 Å². The lowest BCUT2D eigenvalue weighted by molar-refractivity contribution is -0.192. The Morgan fingerprint density at radius 2 is 1.72 bits per heavy atom. The van der Waals surface area contributed by atoms with Crippen LogP contribution in [0.15, 0.2) is 72.3 Å². The lowest BCUT2D eigenvalue weighted by Gasteiger charge is -2.26. The van der Waals surface area contributed by atoms with Crippen LogP contribution in [0.25, 0.3) is 29.1 Å². The maximum Gasteiger partial charge on any atom is 0.490 e. The molecule has 3 aromatic carbocycles. The van der Waals surface area contributed by atoms with Crippen molar-refractivity contribution in [2.24, 2.45) is 0 Å². The van der Waals surface area contributed by atoms with Gasteiger partial charge in [0.25, 0.3) is 0 Å². The first-order valence-corrected chi connectivity index (χ1v) is 15.0. The number of halogens is 3. The number of carbonyl (C=O) groups excluding carboxylic acids is 1. The number of aromatic amines is 1. The molecule has 1 amide bonds. The van der Waals surface area contributed by atoms with E-state index < -0.39 is 12.1 Å². The number of fused-ring (bicyclic) bond motifs is 1. The van der Waals surface area contributed by atoms with Gasteiger partial charge in [-0.1, -0.05) is 61.0 Å². The highest BCUT2D eigenvalue weighted by molar-refractivity contribution is 6.02. The van der Waals surface area contributed by atoms with Crippen molar-refractivity contribution >= 4 is 41.0 Å². The average Bonchev–Trinajstić information content (AvgIpc) is 3.63. The van der Waals surface area contributed by atoms with Crippen molar-refractivity contribution in [2.45, 2.75) is 37.9 Å². The molecule has 0 bridgehead atoms. The van der Waals surface area contributed by atoms with Crippen molar-refractivity contribution in [3.8, 4) is 5.75 Å². The summed E-state index contributed by atoms with van der Waals surface area (Å²) in [6.07, 6.45) is 5.05. The van der Waals surface area contributed by atoms with Crippen LogP contribution in [0.2, 0.25) is 0 Å². The molecule has 8 nitrogen and oxygen atoms in total. The Balaban J connectivity index is 0.000000537. The van der Waals surface area contributed by atoms with Crippen LogP contribution >= 0.6 is 0 Å². The van der Waals surface area contributed by atoms with Gasteiger partial charge in [0, 0.05) is 35.5 Å². The average molecular weight is 633 g/mol. The zero-order chi connectivity index (χ0) is 32.7. The molecule has 11 heteroatoms. The Kier molecular flexibility index (Phi) is 10.2. The van der Waals surface area contributed by atoms with E-state index in [9.17, 15) is 18.0 Å². The molecule has 2 aliphatic rings. The summed E-state index contributed by atoms with van der Waals surface area (Å²) in [7, 11) is 1.66. The number of aromatic nitrogens is 2. The Hall–Kier alpha value is -4.90.